The molecule has 0 fully saturated rings. The summed E-state index contributed by atoms with van der Waals surface area (Å²) in [6.45, 7) is 1.80. The quantitative estimate of drug-likeness (QED) is 0.832. The Morgan fingerprint density at radius 2 is 2.20 bits per heavy atom. The van der Waals surface area contributed by atoms with Crippen LogP contribution in [0.2, 0.25) is 0 Å². The number of rotatable bonds is 4. The molecule has 20 heavy (non-hydrogen) atoms. The first-order chi connectivity index (χ1) is 9.36. The van der Waals surface area contributed by atoms with Crippen LogP contribution in [-0.4, -0.2) is 14.3 Å². The molecule has 0 heterocycles. The van der Waals surface area contributed by atoms with Gasteiger partial charge in [0, 0.05) is 12.1 Å². The Hall–Kier alpha value is -1.66. The van der Waals surface area contributed by atoms with Crippen molar-refractivity contribution >= 4 is 21.6 Å². The van der Waals surface area contributed by atoms with E-state index in [-0.39, 0.29) is 16.7 Å². The molecule has 2 rings (SSSR count). The minimum Gasteiger partial charge on any atom is -0.326 e. The van der Waals surface area contributed by atoms with Gasteiger partial charge in [0.25, 0.3) is 0 Å². The highest BCUT2D eigenvalue weighted by molar-refractivity contribution is 7.89. The largest absolute Gasteiger partial charge is 0.326 e. The lowest BCUT2D eigenvalue weighted by atomic mass is 10.0. The number of benzene rings is 1. The Morgan fingerprint density at radius 1 is 1.45 bits per heavy atom. The lowest BCUT2D eigenvalue weighted by Gasteiger charge is -2.12. The van der Waals surface area contributed by atoms with Crippen molar-refractivity contribution in [2.75, 3.05) is 5.32 Å². The smallest absolute Gasteiger partial charge is 0.238 e. The average Bonchev–Trinajstić information content (AvgIpc) is 2.83. The molecule has 0 saturated heterocycles. The summed E-state index contributed by atoms with van der Waals surface area (Å²) in [7, 11) is -3.76. The van der Waals surface area contributed by atoms with Crippen LogP contribution < -0.4 is 10.5 Å². The topological polar surface area (TPSA) is 89.3 Å². The number of nitrogens with two attached hydrogens (primary N) is 1. The van der Waals surface area contributed by atoms with Crippen LogP contribution in [0.5, 0.6) is 0 Å². The molecule has 1 aliphatic carbocycles. The second kappa shape index (κ2) is 5.76. The van der Waals surface area contributed by atoms with Crippen LogP contribution in [0.1, 0.15) is 24.8 Å². The van der Waals surface area contributed by atoms with E-state index in [0.29, 0.717) is 12.1 Å². The molecule has 0 aromatic heterocycles. The molecule has 0 bridgehead atoms. The van der Waals surface area contributed by atoms with Crippen LogP contribution in [0.25, 0.3) is 0 Å². The van der Waals surface area contributed by atoms with Gasteiger partial charge in [-0.3, -0.25) is 4.79 Å². The standard InChI is InChI=1S/C14H18N2O3S/c1-10-6-7-12(20(15,18)19)9-13(10)16-14(17)8-11-4-2-3-5-11/h2,4,6-7,9,11H,3,5,8H2,1H3,(H,16,17)(H2,15,18,19). The molecular weight excluding hydrogens is 276 g/mol. The molecule has 3 N–H and O–H groups in total. The first-order valence-electron chi connectivity index (χ1n) is 6.46. The Balaban J connectivity index is 2.12. The van der Waals surface area contributed by atoms with E-state index in [2.05, 4.69) is 11.4 Å². The molecule has 1 amide bonds. The van der Waals surface area contributed by atoms with E-state index in [0.717, 1.165) is 18.4 Å². The van der Waals surface area contributed by atoms with Gasteiger partial charge >= 0.3 is 0 Å². The van der Waals surface area contributed by atoms with Crippen molar-refractivity contribution in [3.05, 3.63) is 35.9 Å². The maximum Gasteiger partial charge on any atom is 0.238 e. The number of nitrogens with one attached hydrogen (secondary N) is 1. The number of carbonyl (C=O) groups excluding carboxylic acids is 1. The fourth-order valence-corrected chi connectivity index (χ4v) is 2.76. The van der Waals surface area contributed by atoms with Gasteiger partial charge in [-0.15, -0.1) is 0 Å². The van der Waals surface area contributed by atoms with Crippen LogP contribution in [0.15, 0.2) is 35.2 Å². The normalized spacial score (nSPS) is 18.2. The fourth-order valence-electron chi connectivity index (χ4n) is 2.22. The van der Waals surface area contributed by atoms with Crippen molar-refractivity contribution in [1.29, 1.82) is 0 Å². The molecule has 108 valence electrons. The lowest BCUT2D eigenvalue weighted by Crippen LogP contribution is -2.17. The fraction of sp³-hybridized carbons (Fsp3) is 0.357. The Kier molecular flexibility index (Phi) is 4.25. The third-order valence-corrected chi connectivity index (χ3v) is 4.28. The number of allylic oxidation sites excluding steroid dienone is 2. The number of hydrogen-bond donors (Lipinski definition) is 2. The van der Waals surface area contributed by atoms with E-state index in [1.165, 1.54) is 12.1 Å². The summed E-state index contributed by atoms with van der Waals surface area (Å²) in [5, 5.41) is 7.85. The molecule has 6 heteroatoms. The molecule has 0 spiro atoms. The van der Waals surface area contributed by atoms with Crippen molar-refractivity contribution in [3.63, 3.8) is 0 Å². The van der Waals surface area contributed by atoms with E-state index in [4.69, 9.17) is 5.14 Å². The zero-order chi connectivity index (χ0) is 14.8. The van der Waals surface area contributed by atoms with Gasteiger partial charge in [-0.05, 0) is 43.4 Å². The average molecular weight is 294 g/mol. The summed E-state index contributed by atoms with van der Waals surface area (Å²) >= 11 is 0. The lowest BCUT2D eigenvalue weighted by molar-refractivity contribution is -0.116. The Morgan fingerprint density at radius 3 is 2.80 bits per heavy atom. The van der Waals surface area contributed by atoms with Gasteiger partial charge in [0.15, 0.2) is 0 Å². The van der Waals surface area contributed by atoms with E-state index in [1.807, 2.05) is 6.08 Å². The highest BCUT2D eigenvalue weighted by atomic mass is 32.2. The van der Waals surface area contributed by atoms with E-state index < -0.39 is 10.0 Å². The van der Waals surface area contributed by atoms with E-state index in [1.54, 1.807) is 13.0 Å². The van der Waals surface area contributed by atoms with Gasteiger partial charge in [-0.1, -0.05) is 18.2 Å². The monoisotopic (exact) mass is 294 g/mol. The third kappa shape index (κ3) is 3.68. The van der Waals surface area contributed by atoms with Gasteiger partial charge in [0.05, 0.1) is 4.90 Å². The molecule has 5 nitrogen and oxygen atoms in total. The highest BCUT2D eigenvalue weighted by Gasteiger charge is 2.16. The number of anilines is 1. The van der Waals surface area contributed by atoms with Gasteiger partial charge in [0.2, 0.25) is 15.9 Å². The highest BCUT2D eigenvalue weighted by Crippen LogP contribution is 2.23. The molecule has 1 unspecified atom stereocenters. The molecule has 0 aliphatic heterocycles. The Labute approximate surface area is 118 Å². The number of primary sulfonamides is 1. The zero-order valence-electron chi connectivity index (χ0n) is 11.3. The van der Waals surface area contributed by atoms with Crippen molar-refractivity contribution in [1.82, 2.24) is 0 Å². The van der Waals surface area contributed by atoms with Crippen molar-refractivity contribution in [2.24, 2.45) is 11.1 Å². The molecule has 0 radical (unpaired) electrons. The summed E-state index contributed by atoms with van der Waals surface area (Å²) in [4.78, 5) is 12.0. The van der Waals surface area contributed by atoms with Gasteiger partial charge in [-0.25, -0.2) is 13.6 Å². The second-order valence-corrected chi connectivity index (χ2v) is 6.60. The van der Waals surface area contributed by atoms with E-state index in [9.17, 15) is 13.2 Å². The maximum absolute atomic E-state index is 12.0. The minimum absolute atomic E-state index is 0.000776. The maximum atomic E-state index is 12.0. The number of carbonyl (C=O) groups is 1. The summed E-state index contributed by atoms with van der Waals surface area (Å²) in [5.74, 6) is 0.160. The first-order valence-corrected chi connectivity index (χ1v) is 8.01. The first kappa shape index (κ1) is 14.7. The molecular formula is C14H18N2O3S. The second-order valence-electron chi connectivity index (χ2n) is 5.04. The van der Waals surface area contributed by atoms with Crippen molar-refractivity contribution in [2.45, 2.75) is 31.1 Å². The molecule has 1 aromatic rings. The number of amides is 1. The number of aryl methyl sites for hydroxylation is 1. The predicted molar refractivity (Wildman–Crippen MR) is 77.7 cm³/mol. The van der Waals surface area contributed by atoms with Crippen LogP contribution in [0.4, 0.5) is 5.69 Å². The number of sulfonamides is 1. The van der Waals surface area contributed by atoms with Crippen LogP contribution in [-0.2, 0) is 14.8 Å². The molecule has 0 saturated carbocycles. The van der Waals surface area contributed by atoms with Crippen LogP contribution >= 0.6 is 0 Å². The SMILES string of the molecule is Cc1ccc(S(N)(=O)=O)cc1NC(=O)CC1C=CCC1. The van der Waals surface area contributed by atoms with Gasteiger partial charge in [-0.2, -0.15) is 0 Å². The van der Waals surface area contributed by atoms with Crippen LogP contribution in [0, 0.1) is 12.8 Å². The molecule has 1 aliphatic rings. The summed E-state index contributed by atoms with van der Waals surface area (Å²) < 4.78 is 22.6. The number of hydrogen-bond acceptors (Lipinski definition) is 3. The molecule has 1 aromatic carbocycles. The Bertz CT molecular complexity index is 650. The summed E-state index contributed by atoms with van der Waals surface area (Å²) in [6, 6.07) is 4.46. The van der Waals surface area contributed by atoms with Gasteiger partial charge in [0.1, 0.15) is 0 Å². The van der Waals surface area contributed by atoms with Gasteiger partial charge < -0.3 is 5.32 Å². The van der Waals surface area contributed by atoms with Crippen molar-refractivity contribution in [3.8, 4) is 0 Å². The van der Waals surface area contributed by atoms with E-state index >= 15 is 0 Å². The molecule has 1 atom stereocenters. The van der Waals surface area contributed by atoms with Crippen molar-refractivity contribution < 1.29 is 13.2 Å². The summed E-state index contributed by atoms with van der Waals surface area (Å²) in [6.07, 6.45) is 6.54. The minimum atomic E-state index is -3.76. The summed E-state index contributed by atoms with van der Waals surface area (Å²) in [5.41, 5.74) is 1.29. The van der Waals surface area contributed by atoms with Crippen LogP contribution in [0.3, 0.4) is 0 Å². The predicted octanol–water partition coefficient (Wildman–Crippen LogP) is 1.94. The third-order valence-electron chi connectivity index (χ3n) is 3.37. The zero-order valence-corrected chi connectivity index (χ0v) is 12.1.